The van der Waals surface area contributed by atoms with Gasteiger partial charge in [-0.15, -0.1) is 0 Å². The van der Waals surface area contributed by atoms with Gasteiger partial charge in [0.1, 0.15) is 0 Å². The number of amides is 1. The van der Waals surface area contributed by atoms with Crippen molar-refractivity contribution >= 4 is 30.1 Å². The highest BCUT2D eigenvalue weighted by atomic mass is 35.5. The van der Waals surface area contributed by atoms with E-state index in [9.17, 15) is 4.79 Å². The van der Waals surface area contributed by atoms with E-state index in [1.165, 1.54) is 0 Å². The molecule has 2 nitrogen and oxygen atoms in total. The third-order valence-corrected chi connectivity index (χ3v) is 2.23. The van der Waals surface area contributed by atoms with Crippen LogP contribution in [0.15, 0.2) is 24.3 Å². The van der Waals surface area contributed by atoms with E-state index in [1.807, 2.05) is 18.2 Å². The number of rotatable bonds is 3. The lowest BCUT2D eigenvalue weighted by atomic mass is 10.2. The van der Waals surface area contributed by atoms with Crippen molar-refractivity contribution in [3.8, 4) is 0 Å². The van der Waals surface area contributed by atoms with Gasteiger partial charge in [0, 0.05) is 11.6 Å². The summed E-state index contributed by atoms with van der Waals surface area (Å²) in [6.45, 7) is 0.457. The van der Waals surface area contributed by atoms with Gasteiger partial charge in [-0.25, -0.2) is 0 Å². The summed E-state index contributed by atoms with van der Waals surface area (Å²) in [6.07, 6.45) is 0. The lowest BCUT2D eigenvalue weighted by Gasteiger charge is -2.04. The molecule has 0 aromatic heterocycles. The summed E-state index contributed by atoms with van der Waals surface area (Å²) >= 11 is 9.72. The lowest BCUT2D eigenvalue weighted by Crippen LogP contribution is -2.23. The summed E-state index contributed by atoms with van der Waals surface area (Å²) in [5.41, 5.74) is 0.916. The third kappa shape index (κ3) is 3.28. The first-order valence-corrected chi connectivity index (χ1v) is 4.86. The van der Waals surface area contributed by atoms with Gasteiger partial charge in [-0.05, 0) is 11.6 Å². The second kappa shape index (κ2) is 5.14. The van der Waals surface area contributed by atoms with E-state index < -0.39 is 0 Å². The number of hydrogen-bond donors (Lipinski definition) is 2. The molecule has 0 radical (unpaired) electrons. The molecule has 0 aliphatic carbocycles. The normalized spacial score (nSPS) is 9.69. The fourth-order valence-corrected chi connectivity index (χ4v) is 1.21. The lowest BCUT2D eigenvalue weighted by molar-refractivity contribution is -0.118. The first-order chi connectivity index (χ1) is 6.24. The molecule has 0 heterocycles. The summed E-state index contributed by atoms with van der Waals surface area (Å²) in [6, 6.07) is 7.41. The van der Waals surface area contributed by atoms with E-state index >= 15 is 0 Å². The molecule has 1 aromatic rings. The maximum Gasteiger partial charge on any atom is 0.229 e. The molecule has 0 fully saturated rings. The van der Waals surface area contributed by atoms with E-state index in [0.717, 1.165) is 5.56 Å². The topological polar surface area (TPSA) is 29.1 Å². The molecule has 0 saturated heterocycles. The van der Waals surface area contributed by atoms with Gasteiger partial charge >= 0.3 is 0 Å². The second-order valence-corrected chi connectivity index (χ2v) is 3.25. The summed E-state index contributed by atoms with van der Waals surface area (Å²) in [5.74, 6) is 0.105. The van der Waals surface area contributed by atoms with Crippen molar-refractivity contribution in [2.75, 3.05) is 5.75 Å². The Morgan fingerprint density at radius 2 is 2.15 bits per heavy atom. The average Bonchev–Trinajstić information content (AvgIpc) is 2.16. The van der Waals surface area contributed by atoms with E-state index in [1.54, 1.807) is 6.07 Å². The molecule has 13 heavy (non-hydrogen) atoms. The number of carbonyl (C=O) groups excluding carboxylic acids is 1. The van der Waals surface area contributed by atoms with E-state index in [2.05, 4.69) is 17.9 Å². The van der Waals surface area contributed by atoms with Gasteiger partial charge < -0.3 is 5.32 Å². The molecule has 1 rings (SSSR count). The number of thiol groups is 1. The zero-order valence-electron chi connectivity index (χ0n) is 6.96. The molecule has 0 spiro atoms. The minimum absolute atomic E-state index is 0.0942. The molecule has 70 valence electrons. The van der Waals surface area contributed by atoms with Crippen molar-refractivity contribution in [2.45, 2.75) is 6.54 Å². The largest absolute Gasteiger partial charge is 0.351 e. The standard InChI is InChI=1S/C9H10ClNOS/c10-8-4-2-1-3-7(8)5-11-9(12)6-13/h1-4,13H,5-6H2,(H,11,12). The maximum absolute atomic E-state index is 10.9. The third-order valence-electron chi connectivity index (χ3n) is 1.58. The number of hydrogen-bond acceptors (Lipinski definition) is 2. The summed E-state index contributed by atoms with van der Waals surface area (Å²) in [4.78, 5) is 10.9. The molecule has 0 aliphatic rings. The molecule has 1 aromatic carbocycles. The summed E-state index contributed by atoms with van der Waals surface area (Å²) < 4.78 is 0. The molecular formula is C9H10ClNOS. The SMILES string of the molecule is O=C(CS)NCc1ccccc1Cl. The van der Waals surface area contributed by atoms with Crippen molar-refractivity contribution < 1.29 is 4.79 Å². The quantitative estimate of drug-likeness (QED) is 0.741. The van der Waals surface area contributed by atoms with Gasteiger partial charge in [0.05, 0.1) is 5.75 Å². The molecular weight excluding hydrogens is 206 g/mol. The fourth-order valence-electron chi connectivity index (χ4n) is 0.891. The number of benzene rings is 1. The van der Waals surface area contributed by atoms with Crippen LogP contribution in [-0.4, -0.2) is 11.7 Å². The van der Waals surface area contributed by atoms with Crippen LogP contribution in [0.2, 0.25) is 5.02 Å². The van der Waals surface area contributed by atoms with Crippen LogP contribution in [0, 0.1) is 0 Å². The van der Waals surface area contributed by atoms with Gasteiger partial charge in [-0.1, -0.05) is 29.8 Å². The van der Waals surface area contributed by atoms with Crippen LogP contribution in [0.1, 0.15) is 5.56 Å². The Morgan fingerprint density at radius 3 is 2.77 bits per heavy atom. The van der Waals surface area contributed by atoms with Gasteiger partial charge in [0.25, 0.3) is 0 Å². The van der Waals surface area contributed by atoms with Crippen LogP contribution < -0.4 is 5.32 Å². The summed E-state index contributed by atoms with van der Waals surface area (Å²) in [7, 11) is 0. The molecule has 1 amide bonds. The molecule has 0 unspecified atom stereocenters. The van der Waals surface area contributed by atoms with E-state index in [0.29, 0.717) is 11.6 Å². The minimum Gasteiger partial charge on any atom is -0.351 e. The highest BCUT2D eigenvalue weighted by Crippen LogP contribution is 2.13. The summed E-state index contributed by atoms with van der Waals surface area (Å²) in [5, 5.41) is 3.36. The van der Waals surface area contributed by atoms with Crippen molar-refractivity contribution in [1.82, 2.24) is 5.32 Å². The van der Waals surface area contributed by atoms with Crippen LogP contribution in [0.3, 0.4) is 0 Å². The fraction of sp³-hybridized carbons (Fsp3) is 0.222. The van der Waals surface area contributed by atoms with E-state index in [-0.39, 0.29) is 11.7 Å². The maximum atomic E-state index is 10.9. The number of nitrogens with one attached hydrogen (secondary N) is 1. The Kier molecular flexibility index (Phi) is 4.12. The molecule has 0 bridgehead atoms. The Labute approximate surface area is 87.7 Å². The van der Waals surface area contributed by atoms with Gasteiger partial charge in [0.2, 0.25) is 5.91 Å². The Bertz CT molecular complexity index is 303. The van der Waals surface area contributed by atoms with Crippen molar-refractivity contribution in [3.05, 3.63) is 34.9 Å². The average molecular weight is 216 g/mol. The molecule has 1 N–H and O–H groups in total. The van der Waals surface area contributed by atoms with Gasteiger partial charge in [0.15, 0.2) is 0 Å². The first kappa shape index (κ1) is 10.4. The highest BCUT2D eigenvalue weighted by Gasteiger charge is 2.00. The number of halogens is 1. The predicted molar refractivity (Wildman–Crippen MR) is 57.2 cm³/mol. The monoisotopic (exact) mass is 215 g/mol. The Balaban J connectivity index is 2.54. The van der Waals surface area contributed by atoms with Crippen LogP contribution in [0.5, 0.6) is 0 Å². The van der Waals surface area contributed by atoms with Gasteiger partial charge in [-0.3, -0.25) is 4.79 Å². The molecule has 0 aliphatic heterocycles. The van der Waals surface area contributed by atoms with Crippen molar-refractivity contribution in [3.63, 3.8) is 0 Å². The van der Waals surface area contributed by atoms with Gasteiger partial charge in [-0.2, -0.15) is 12.6 Å². The predicted octanol–water partition coefficient (Wildman–Crippen LogP) is 1.89. The Morgan fingerprint density at radius 1 is 1.46 bits per heavy atom. The molecule has 0 atom stereocenters. The Hall–Kier alpha value is -0.670. The number of carbonyl (C=O) groups is 1. The van der Waals surface area contributed by atoms with Crippen molar-refractivity contribution in [1.29, 1.82) is 0 Å². The molecule has 4 heteroatoms. The van der Waals surface area contributed by atoms with Crippen LogP contribution in [0.4, 0.5) is 0 Å². The molecule has 0 saturated carbocycles. The smallest absolute Gasteiger partial charge is 0.229 e. The zero-order chi connectivity index (χ0) is 9.68. The van der Waals surface area contributed by atoms with Crippen LogP contribution in [0.25, 0.3) is 0 Å². The highest BCUT2D eigenvalue weighted by molar-refractivity contribution is 7.81. The second-order valence-electron chi connectivity index (χ2n) is 2.53. The zero-order valence-corrected chi connectivity index (χ0v) is 8.61. The van der Waals surface area contributed by atoms with Crippen molar-refractivity contribution in [2.24, 2.45) is 0 Å². The van der Waals surface area contributed by atoms with Crippen LogP contribution >= 0.6 is 24.2 Å². The first-order valence-electron chi connectivity index (χ1n) is 3.85. The van der Waals surface area contributed by atoms with Crippen LogP contribution in [-0.2, 0) is 11.3 Å². The minimum atomic E-state index is -0.0942. The van der Waals surface area contributed by atoms with E-state index in [4.69, 9.17) is 11.6 Å².